The second-order valence-electron chi connectivity index (χ2n) is 11.0. The van der Waals surface area contributed by atoms with Crippen molar-refractivity contribution in [1.29, 1.82) is 0 Å². The fraction of sp³-hybridized carbons (Fsp3) is 0.920. The molecule has 0 heterocycles. The van der Waals surface area contributed by atoms with Crippen LogP contribution in [0.15, 0.2) is 0 Å². The van der Waals surface area contributed by atoms with E-state index in [2.05, 4.69) is 13.8 Å². The number of hydrogen-bond donors (Lipinski definition) is 1. The maximum atomic E-state index is 14.0. The van der Waals surface area contributed by atoms with Crippen molar-refractivity contribution in [3.63, 3.8) is 0 Å². The number of rotatable bonds is 4. The first-order valence-corrected chi connectivity index (χ1v) is 11.8. The third-order valence-corrected chi connectivity index (χ3v) is 9.83. The topological polar surface area (TPSA) is 63.6 Å². The van der Waals surface area contributed by atoms with Gasteiger partial charge in [-0.1, -0.05) is 20.8 Å². The number of esters is 1. The van der Waals surface area contributed by atoms with Gasteiger partial charge in [0, 0.05) is 21.0 Å². The Labute approximate surface area is 179 Å². The van der Waals surface area contributed by atoms with E-state index in [1.165, 1.54) is 7.11 Å². The van der Waals surface area contributed by atoms with Crippen molar-refractivity contribution in [3.05, 3.63) is 0 Å². The van der Waals surface area contributed by atoms with Crippen LogP contribution < -0.4 is 0 Å². The maximum Gasteiger partial charge on any atom is 0.305 e. The highest BCUT2D eigenvalue weighted by Gasteiger charge is 2.63. The number of Topliss-reactive ketones (excluding diaryl/α,β-unsaturated/α-hetero) is 1. The van der Waals surface area contributed by atoms with Crippen molar-refractivity contribution in [1.82, 2.24) is 0 Å². The number of carbonyl (C=O) groups excluding carboxylic acids is 2. The number of ketones is 1. The highest BCUT2D eigenvalue weighted by Crippen LogP contribution is 2.67. The van der Waals surface area contributed by atoms with Gasteiger partial charge in [-0.3, -0.25) is 9.59 Å². The molecule has 4 aliphatic carbocycles. The van der Waals surface area contributed by atoms with E-state index in [9.17, 15) is 14.7 Å². The number of fused-ring (bicyclic) bond motifs is 5. The van der Waals surface area contributed by atoms with E-state index in [0.717, 1.165) is 44.9 Å². The van der Waals surface area contributed by atoms with Crippen LogP contribution in [0, 0.1) is 46.3 Å². The van der Waals surface area contributed by atoms with E-state index < -0.39 is 11.8 Å². The molecule has 164 valence electrons. The van der Waals surface area contributed by atoms with Gasteiger partial charge in [-0.25, -0.2) is 0 Å². The van der Waals surface area contributed by atoms with Crippen LogP contribution in [0.5, 0.6) is 0 Å². The molecule has 0 spiro atoms. The van der Waals surface area contributed by atoms with Crippen LogP contribution in [0.2, 0.25) is 0 Å². The van der Waals surface area contributed by atoms with Crippen molar-refractivity contribution >= 4 is 11.8 Å². The summed E-state index contributed by atoms with van der Waals surface area (Å²) < 4.78 is 23.1. The molecular weight excluding hydrogens is 364 g/mol. The highest BCUT2D eigenvalue weighted by atomic mass is 16.5. The molecule has 0 unspecified atom stereocenters. The van der Waals surface area contributed by atoms with Crippen LogP contribution in [0.4, 0.5) is 0 Å². The third-order valence-electron chi connectivity index (χ3n) is 9.83. The van der Waals surface area contributed by atoms with E-state index in [0.29, 0.717) is 18.8 Å². The van der Waals surface area contributed by atoms with E-state index in [-0.39, 0.29) is 52.9 Å². The third kappa shape index (κ3) is 3.28. The van der Waals surface area contributed by atoms with Crippen LogP contribution in [-0.4, -0.2) is 30.1 Å². The second-order valence-corrected chi connectivity index (χ2v) is 11.0. The zero-order valence-corrected chi connectivity index (χ0v) is 18.6. The summed E-state index contributed by atoms with van der Waals surface area (Å²) in [6.45, 7) is 6.37. The summed E-state index contributed by atoms with van der Waals surface area (Å²) in [5.41, 5.74) is -0.866. The number of aliphatic hydroxyl groups excluding tert-OH is 1. The zero-order valence-electron chi connectivity index (χ0n) is 20.6. The molecule has 9 atom stereocenters. The molecule has 0 aromatic rings. The number of hydrogen-bond acceptors (Lipinski definition) is 4. The molecule has 4 nitrogen and oxygen atoms in total. The monoisotopic (exact) mass is 406 g/mol. The molecule has 0 radical (unpaired) electrons. The summed E-state index contributed by atoms with van der Waals surface area (Å²) in [4.78, 5) is 25.7. The fourth-order valence-corrected chi connectivity index (χ4v) is 8.06. The molecule has 4 heteroatoms. The molecular formula is C25H40O4. The lowest BCUT2D eigenvalue weighted by molar-refractivity contribution is -0.160. The van der Waals surface area contributed by atoms with Crippen molar-refractivity contribution in [2.75, 3.05) is 7.11 Å². The number of carbonyl (C=O) groups is 2. The van der Waals surface area contributed by atoms with E-state index in [1.807, 2.05) is 6.92 Å². The number of ether oxygens (including phenoxy) is 1. The molecule has 4 fully saturated rings. The Kier molecular flexibility index (Phi) is 4.97. The Morgan fingerprint density at radius 1 is 1.24 bits per heavy atom. The van der Waals surface area contributed by atoms with E-state index in [1.54, 1.807) is 0 Å². The fourth-order valence-electron chi connectivity index (χ4n) is 8.06. The SMILES string of the molecule is [2H]C1([2H])C(=O)[C@]2(C)[C@@H]([C@H](C)CCC(=O)OC)CC[C@H]2[C@@H]2CC[C@@H]3C[C@H](O)CC[C@]3(C)[C@H]21. The number of methoxy groups -OCH3 is 1. The Morgan fingerprint density at radius 2 is 2.00 bits per heavy atom. The van der Waals surface area contributed by atoms with E-state index in [4.69, 9.17) is 7.48 Å². The first-order valence-electron chi connectivity index (χ1n) is 12.8. The lowest BCUT2D eigenvalue weighted by Gasteiger charge is -2.60. The molecule has 29 heavy (non-hydrogen) atoms. The zero-order chi connectivity index (χ0) is 22.8. The van der Waals surface area contributed by atoms with Gasteiger partial charge in [0.2, 0.25) is 0 Å². The van der Waals surface area contributed by atoms with Crippen molar-refractivity contribution in [2.45, 2.75) is 91.0 Å². The lowest BCUT2D eigenvalue weighted by Crippen LogP contribution is -2.57. The Morgan fingerprint density at radius 3 is 2.72 bits per heavy atom. The van der Waals surface area contributed by atoms with Gasteiger partial charge in [0.05, 0.1) is 13.2 Å². The minimum atomic E-state index is -1.84. The predicted octanol–water partition coefficient (Wildman–Crippen LogP) is 4.77. The lowest BCUT2D eigenvalue weighted by atomic mass is 9.44. The van der Waals surface area contributed by atoms with Gasteiger partial charge in [0.15, 0.2) is 0 Å². The average molecular weight is 407 g/mol. The van der Waals surface area contributed by atoms with Gasteiger partial charge in [-0.05, 0) is 92.3 Å². The normalized spacial score (nSPS) is 50.4. The van der Waals surface area contributed by atoms with Crippen molar-refractivity contribution in [3.8, 4) is 0 Å². The molecule has 0 aliphatic heterocycles. The molecule has 0 amide bonds. The summed E-state index contributed by atoms with van der Waals surface area (Å²) in [6, 6.07) is 0. The molecule has 0 aromatic heterocycles. The van der Waals surface area contributed by atoms with Crippen molar-refractivity contribution in [2.24, 2.45) is 46.3 Å². The van der Waals surface area contributed by atoms with Crippen molar-refractivity contribution < 1.29 is 22.2 Å². The molecule has 4 rings (SSSR count). The molecule has 4 saturated carbocycles. The predicted molar refractivity (Wildman–Crippen MR) is 112 cm³/mol. The van der Waals surface area contributed by atoms with Gasteiger partial charge in [0.25, 0.3) is 0 Å². The first kappa shape index (κ1) is 18.8. The van der Waals surface area contributed by atoms with E-state index >= 15 is 0 Å². The first-order chi connectivity index (χ1) is 14.5. The minimum absolute atomic E-state index is 0.115. The molecule has 0 aromatic carbocycles. The average Bonchev–Trinajstić information content (AvgIpc) is 3.08. The largest absolute Gasteiger partial charge is 0.469 e. The smallest absolute Gasteiger partial charge is 0.305 e. The van der Waals surface area contributed by atoms with Gasteiger partial charge in [-0.2, -0.15) is 0 Å². The van der Waals surface area contributed by atoms with Gasteiger partial charge < -0.3 is 9.84 Å². The maximum absolute atomic E-state index is 14.0. The van der Waals surface area contributed by atoms with Gasteiger partial charge >= 0.3 is 5.97 Å². The molecule has 4 aliphatic rings. The Bertz CT molecular complexity index is 739. The minimum Gasteiger partial charge on any atom is -0.469 e. The molecule has 0 bridgehead atoms. The molecule has 1 N–H and O–H groups in total. The van der Waals surface area contributed by atoms with Gasteiger partial charge in [-0.15, -0.1) is 0 Å². The quantitative estimate of drug-likeness (QED) is 0.683. The summed E-state index contributed by atoms with van der Waals surface area (Å²) in [6.07, 6.45) is 5.12. The summed E-state index contributed by atoms with van der Waals surface area (Å²) >= 11 is 0. The van der Waals surface area contributed by atoms with Crippen LogP contribution in [0.25, 0.3) is 0 Å². The second kappa shape index (κ2) is 7.66. The highest BCUT2D eigenvalue weighted by molar-refractivity contribution is 5.87. The Hall–Kier alpha value is -0.900. The van der Waals surface area contributed by atoms with Crippen LogP contribution in [0.1, 0.15) is 87.7 Å². The summed E-state index contributed by atoms with van der Waals surface area (Å²) in [7, 11) is 1.40. The summed E-state index contributed by atoms with van der Waals surface area (Å²) in [5.74, 6) is 0.402. The van der Waals surface area contributed by atoms with Crippen LogP contribution >= 0.6 is 0 Å². The van der Waals surface area contributed by atoms with Crippen LogP contribution in [0.3, 0.4) is 0 Å². The molecule has 0 saturated heterocycles. The summed E-state index contributed by atoms with van der Waals surface area (Å²) in [5, 5.41) is 10.2. The standard InChI is InChI=1S/C25H40O4/c1-15(5-10-23(28)29-4)19-8-9-20-18-7-6-16-13-17(26)11-12-24(16,2)21(18)14-22(27)25(19,20)3/h15-21,26H,5-14H2,1-4H3/t15-,16-,17-,18+,19-,20+,21+,24+,25-/m1/s1/i14D2. The Balaban J connectivity index is 1.65. The van der Waals surface area contributed by atoms with Gasteiger partial charge in [0.1, 0.15) is 5.78 Å². The van der Waals surface area contributed by atoms with Crippen LogP contribution in [-0.2, 0) is 14.3 Å². The number of aliphatic hydroxyl groups is 1.